The topological polar surface area (TPSA) is 92.7 Å². The molecule has 0 spiro atoms. The van der Waals surface area contributed by atoms with Crippen molar-refractivity contribution in [2.45, 2.75) is 206 Å². The summed E-state index contributed by atoms with van der Waals surface area (Å²) in [4.78, 5) is 35.0. The van der Waals surface area contributed by atoms with Crippen LogP contribution in [0.25, 0.3) is 0 Å². The second kappa shape index (κ2) is 40.9. The Morgan fingerprint density at radius 3 is 1.54 bits per heavy atom. The van der Waals surface area contributed by atoms with Crippen molar-refractivity contribution in [2.75, 3.05) is 6.54 Å². The fourth-order valence-corrected chi connectivity index (χ4v) is 6.03. The molecule has 298 valence electrons. The van der Waals surface area contributed by atoms with Gasteiger partial charge in [0, 0.05) is 12.8 Å². The molecule has 0 saturated heterocycles. The molecule has 1 amide bonds. The van der Waals surface area contributed by atoms with Crippen LogP contribution in [0.4, 0.5) is 0 Å². The van der Waals surface area contributed by atoms with E-state index in [4.69, 9.17) is 9.84 Å². The number of carboxylic acid groups (broad SMARTS) is 1. The minimum absolute atomic E-state index is 0.0544. The van der Waals surface area contributed by atoms with Gasteiger partial charge < -0.3 is 15.2 Å². The Balaban J connectivity index is 4.27. The summed E-state index contributed by atoms with van der Waals surface area (Å²) in [7, 11) is 0. The highest BCUT2D eigenvalue weighted by Gasteiger charge is 2.14. The second-order valence-electron chi connectivity index (χ2n) is 14.2. The van der Waals surface area contributed by atoms with E-state index in [0.29, 0.717) is 12.8 Å². The van der Waals surface area contributed by atoms with Crippen molar-refractivity contribution < 1.29 is 24.2 Å². The summed E-state index contributed by atoms with van der Waals surface area (Å²) in [5.41, 5.74) is 0. The molecule has 6 heteroatoms. The molecule has 6 nitrogen and oxygen atoms in total. The van der Waals surface area contributed by atoms with Gasteiger partial charge in [-0.25, -0.2) is 0 Å². The molecule has 0 saturated carbocycles. The van der Waals surface area contributed by atoms with Gasteiger partial charge >= 0.3 is 11.9 Å². The Labute approximate surface area is 320 Å². The van der Waals surface area contributed by atoms with E-state index in [1.165, 1.54) is 83.5 Å². The van der Waals surface area contributed by atoms with E-state index < -0.39 is 5.97 Å². The maximum Gasteiger partial charge on any atom is 0.322 e. The Bertz CT molecular complexity index is 979. The number of carbonyl (C=O) groups is 3. The van der Waals surface area contributed by atoms with Crippen LogP contribution in [-0.4, -0.2) is 35.6 Å². The molecular weight excluding hydrogens is 647 g/mol. The molecule has 52 heavy (non-hydrogen) atoms. The van der Waals surface area contributed by atoms with Gasteiger partial charge in [0.2, 0.25) is 5.91 Å². The van der Waals surface area contributed by atoms with E-state index in [2.05, 4.69) is 79.9 Å². The van der Waals surface area contributed by atoms with Crippen molar-refractivity contribution in [1.29, 1.82) is 0 Å². The second-order valence-corrected chi connectivity index (χ2v) is 14.2. The molecule has 0 heterocycles. The number of allylic oxidation sites excluding steroid dienone is 10. The highest BCUT2D eigenvalue weighted by atomic mass is 16.5. The van der Waals surface area contributed by atoms with Crippen LogP contribution in [0.5, 0.6) is 0 Å². The van der Waals surface area contributed by atoms with Gasteiger partial charge in [-0.3, -0.25) is 14.4 Å². The predicted octanol–water partition coefficient (Wildman–Crippen LogP) is 13.2. The highest BCUT2D eigenvalue weighted by Crippen LogP contribution is 2.17. The minimum Gasteiger partial charge on any atom is -0.480 e. The average molecular weight is 726 g/mol. The molecule has 0 aliphatic carbocycles. The lowest BCUT2D eigenvalue weighted by molar-refractivity contribution is -0.150. The Morgan fingerprint density at radius 1 is 0.519 bits per heavy atom. The fourth-order valence-electron chi connectivity index (χ4n) is 6.03. The Morgan fingerprint density at radius 2 is 0.981 bits per heavy atom. The van der Waals surface area contributed by atoms with Crippen LogP contribution in [0.2, 0.25) is 0 Å². The zero-order valence-electron chi connectivity index (χ0n) is 33.6. The SMILES string of the molecule is CC/C=C\C/C=C\C/C=C\C/C=C\CCC(CCCCCCCC(=O)NCC(=O)O)OC(=O)CCCCCCCCC/C=C\CCCCCCCC. The highest BCUT2D eigenvalue weighted by molar-refractivity contribution is 5.80. The zero-order valence-corrected chi connectivity index (χ0v) is 33.6. The number of nitrogens with one attached hydrogen (secondary N) is 1. The quantitative estimate of drug-likeness (QED) is 0.0375. The van der Waals surface area contributed by atoms with Gasteiger partial charge in [-0.05, 0) is 89.9 Å². The molecule has 0 aromatic rings. The largest absolute Gasteiger partial charge is 0.480 e. The summed E-state index contributed by atoms with van der Waals surface area (Å²) < 4.78 is 5.99. The van der Waals surface area contributed by atoms with E-state index in [1.54, 1.807) is 0 Å². The number of rotatable bonds is 38. The first kappa shape index (κ1) is 49.1. The van der Waals surface area contributed by atoms with Crippen molar-refractivity contribution in [2.24, 2.45) is 0 Å². The first-order chi connectivity index (χ1) is 25.5. The number of unbranched alkanes of at least 4 members (excludes halogenated alkanes) is 17. The van der Waals surface area contributed by atoms with Crippen LogP contribution < -0.4 is 5.32 Å². The summed E-state index contributed by atoms with van der Waals surface area (Å²) in [6.45, 7) is 4.10. The number of ether oxygens (including phenoxy) is 1. The molecule has 0 aromatic heterocycles. The maximum absolute atomic E-state index is 12.7. The molecule has 0 aliphatic heterocycles. The van der Waals surface area contributed by atoms with Gasteiger partial charge in [0.15, 0.2) is 0 Å². The minimum atomic E-state index is -1.02. The van der Waals surface area contributed by atoms with Crippen molar-refractivity contribution in [3.8, 4) is 0 Å². The van der Waals surface area contributed by atoms with Crippen molar-refractivity contribution in [3.63, 3.8) is 0 Å². The van der Waals surface area contributed by atoms with Crippen LogP contribution in [0, 0.1) is 0 Å². The summed E-state index contributed by atoms with van der Waals surface area (Å²) in [5.74, 6) is -1.29. The van der Waals surface area contributed by atoms with Crippen LogP contribution in [0.1, 0.15) is 200 Å². The lowest BCUT2D eigenvalue weighted by Crippen LogP contribution is -2.28. The number of esters is 1. The molecule has 1 unspecified atom stereocenters. The van der Waals surface area contributed by atoms with Crippen molar-refractivity contribution in [1.82, 2.24) is 5.32 Å². The summed E-state index contributed by atoms with van der Waals surface area (Å²) >= 11 is 0. The molecule has 0 aliphatic rings. The standard InChI is InChI=1S/C46H79NO5/c1-3-5-7-9-11-13-15-17-18-19-20-22-24-26-28-33-37-41-46(51)52-43(39-35-31-29-32-36-40-44(48)47-42-45(49)50)38-34-30-27-25-23-21-16-14-12-10-8-6-4-2/h6,8,12,14,17-18,21,23,27,30,43H,3-5,7,9-11,13,15-16,19-20,22,24-26,28-29,31-42H2,1-2H3,(H,47,48)(H,49,50)/b8-6-,14-12-,18-17-,23-21-,30-27-. The molecule has 0 bridgehead atoms. The van der Waals surface area contributed by atoms with Gasteiger partial charge in [0.25, 0.3) is 0 Å². The molecule has 1 atom stereocenters. The van der Waals surface area contributed by atoms with Gasteiger partial charge in [-0.15, -0.1) is 0 Å². The first-order valence-electron chi connectivity index (χ1n) is 21.4. The van der Waals surface area contributed by atoms with Crippen LogP contribution in [0.15, 0.2) is 60.8 Å². The summed E-state index contributed by atoms with van der Waals surface area (Å²) in [6.07, 6.45) is 53.4. The number of carboxylic acids is 1. The van der Waals surface area contributed by atoms with Gasteiger partial charge in [-0.2, -0.15) is 0 Å². The molecule has 0 aromatic carbocycles. The van der Waals surface area contributed by atoms with Gasteiger partial charge in [0.1, 0.15) is 12.6 Å². The molecule has 0 fully saturated rings. The normalized spacial score (nSPS) is 12.7. The molecule has 0 radical (unpaired) electrons. The average Bonchev–Trinajstić information content (AvgIpc) is 3.13. The van der Waals surface area contributed by atoms with E-state index in [0.717, 1.165) is 89.9 Å². The number of aliphatic carboxylic acids is 1. The van der Waals surface area contributed by atoms with E-state index in [1.807, 2.05) is 0 Å². The summed E-state index contributed by atoms with van der Waals surface area (Å²) in [6, 6.07) is 0. The Kier molecular flexibility index (Phi) is 38.6. The van der Waals surface area contributed by atoms with E-state index in [-0.39, 0.29) is 24.5 Å². The smallest absolute Gasteiger partial charge is 0.322 e. The van der Waals surface area contributed by atoms with Gasteiger partial charge in [-0.1, -0.05) is 158 Å². The molecular formula is C46H79NO5. The number of carbonyl (C=O) groups excluding carboxylic acids is 2. The monoisotopic (exact) mass is 726 g/mol. The number of amides is 1. The third kappa shape index (κ3) is 39.9. The first-order valence-corrected chi connectivity index (χ1v) is 21.4. The van der Waals surface area contributed by atoms with Crippen molar-refractivity contribution in [3.05, 3.63) is 60.8 Å². The van der Waals surface area contributed by atoms with Crippen molar-refractivity contribution >= 4 is 17.8 Å². The van der Waals surface area contributed by atoms with E-state index >= 15 is 0 Å². The van der Waals surface area contributed by atoms with Gasteiger partial charge in [0.05, 0.1) is 0 Å². The molecule has 0 rings (SSSR count). The third-order valence-electron chi connectivity index (χ3n) is 9.18. The lowest BCUT2D eigenvalue weighted by Gasteiger charge is -2.17. The predicted molar refractivity (Wildman–Crippen MR) is 221 cm³/mol. The summed E-state index contributed by atoms with van der Waals surface area (Å²) in [5, 5.41) is 11.1. The Hall–Kier alpha value is -2.89. The van der Waals surface area contributed by atoms with Crippen LogP contribution >= 0.6 is 0 Å². The van der Waals surface area contributed by atoms with Crippen LogP contribution in [-0.2, 0) is 19.1 Å². The third-order valence-corrected chi connectivity index (χ3v) is 9.18. The number of hydrogen-bond donors (Lipinski definition) is 2. The molecule has 2 N–H and O–H groups in total. The number of hydrogen-bond acceptors (Lipinski definition) is 4. The maximum atomic E-state index is 12.7. The van der Waals surface area contributed by atoms with E-state index in [9.17, 15) is 14.4 Å². The van der Waals surface area contributed by atoms with Crippen LogP contribution in [0.3, 0.4) is 0 Å². The fraction of sp³-hybridized carbons (Fsp3) is 0.717. The zero-order chi connectivity index (χ0) is 38.0. The lowest BCUT2D eigenvalue weighted by atomic mass is 10.0.